The first-order chi connectivity index (χ1) is 16.0. The van der Waals surface area contributed by atoms with E-state index in [4.69, 9.17) is 9.84 Å². The second-order valence-corrected chi connectivity index (χ2v) is 7.97. The van der Waals surface area contributed by atoms with Crippen LogP contribution in [0.25, 0.3) is 10.9 Å². The summed E-state index contributed by atoms with van der Waals surface area (Å²) in [5.41, 5.74) is 1.42. The lowest BCUT2D eigenvalue weighted by atomic mass is 10.0. The van der Waals surface area contributed by atoms with Crippen LogP contribution in [0, 0.1) is 0 Å². The number of methoxy groups -OCH3 is 1. The number of carbonyl (C=O) groups is 2. The van der Waals surface area contributed by atoms with Gasteiger partial charge in [-0.1, -0.05) is 0 Å². The predicted molar refractivity (Wildman–Crippen MR) is 122 cm³/mol. The van der Waals surface area contributed by atoms with E-state index in [-0.39, 0.29) is 13.0 Å². The average Bonchev–Trinajstić information content (AvgIpc) is 2.99. The second-order valence-electron chi connectivity index (χ2n) is 7.97. The normalized spacial score (nSPS) is 15.8. The standard InChI is InChI=1S/C23H27N5O5/c1-33-16-4-5-19-17(14-16)18(15-28(19)11-6-20(29)30)21(22(31)32)26-9-3-10-27(13-12-26)23-24-7-2-8-25-23/h2,4-5,7-8,14-15,21H,3,6,9-13H2,1H3,(H,29,30)(H,31,32)/t21-/m1/s1. The minimum Gasteiger partial charge on any atom is -0.497 e. The summed E-state index contributed by atoms with van der Waals surface area (Å²) in [5.74, 6) is -0.592. The van der Waals surface area contributed by atoms with Crippen molar-refractivity contribution < 1.29 is 24.5 Å². The summed E-state index contributed by atoms with van der Waals surface area (Å²) in [4.78, 5) is 36.3. The average molecular weight is 453 g/mol. The second kappa shape index (κ2) is 9.86. The molecule has 1 aliphatic rings. The molecule has 4 rings (SSSR count). The van der Waals surface area contributed by atoms with Crippen LogP contribution in [-0.2, 0) is 16.1 Å². The van der Waals surface area contributed by atoms with E-state index in [2.05, 4.69) is 14.9 Å². The van der Waals surface area contributed by atoms with Gasteiger partial charge in [0.05, 0.1) is 13.5 Å². The molecule has 2 N–H and O–H groups in total. The summed E-state index contributed by atoms with van der Waals surface area (Å²) in [7, 11) is 1.56. The third kappa shape index (κ3) is 4.90. The molecule has 0 aliphatic carbocycles. The van der Waals surface area contributed by atoms with Crippen LogP contribution < -0.4 is 9.64 Å². The highest BCUT2D eigenvalue weighted by Gasteiger charge is 2.32. The smallest absolute Gasteiger partial charge is 0.325 e. The maximum atomic E-state index is 12.5. The Bertz CT molecular complexity index is 1130. The van der Waals surface area contributed by atoms with E-state index >= 15 is 0 Å². The topological polar surface area (TPSA) is 121 Å². The van der Waals surface area contributed by atoms with E-state index in [0.717, 1.165) is 23.9 Å². The van der Waals surface area contributed by atoms with Gasteiger partial charge in [-0.2, -0.15) is 0 Å². The van der Waals surface area contributed by atoms with Gasteiger partial charge in [-0.3, -0.25) is 14.5 Å². The Morgan fingerprint density at radius 3 is 2.61 bits per heavy atom. The molecule has 2 aromatic heterocycles. The number of ether oxygens (including phenoxy) is 1. The first-order valence-electron chi connectivity index (χ1n) is 10.9. The quantitative estimate of drug-likeness (QED) is 0.529. The fraction of sp³-hybridized carbons (Fsp3) is 0.391. The Hall–Kier alpha value is -3.66. The van der Waals surface area contributed by atoms with Crippen LogP contribution in [-0.4, -0.2) is 74.9 Å². The monoisotopic (exact) mass is 453 g/mol. The van der Waals surface area contributed by atoms with Crippen molar-refractivity contribution in [3.8, 4) is 5.75 Å². The van der Waals surface area contributed by atoms with Gasteiger partial charge in [-0.15, -0.1) is 0 Å². The molecule has 10 heteroatoms. The number of hydrogen-bond acceptors (Lipinski definition) is 7. The van der Waals surface area contributed by atoms with E-state index in [9.17, 15) is 14.7 Å². The van der Waals surface area contributed by atoms with Crippen LogP contribution in [0.15, 0.2) is 42.9 Å². The van der Waals surface area contributed by atoms with E-state index < -0.39 is 18.0 Å². The molecule has 0 spiro atoms. The van der Waals surface area contributed by atoms with Crippen molar-refractivity contribution in [2.24, 2.45) is 0 Å². The van der Waals surface area contributed by atoms with Gasteiger partial charge in [-0.05, 0) is 30.7 Å². The first kappa shape index (κ1) is 22.5. The Kier molecular flexibility index (Phi) is 6.74. The molecule has 0 saturated carbocycles. The number of rotatable bonds is 8. The zero-order valence-corrected chi connectivity index (χ0v) is 18.4. The number of carboxylic acids is 2. The molecule has 174 valence electrons. The number of benzene rings is 1. The van der Waals surface area contributed by atoms with E-state index in [1.54, 1.807) is 37.8 Å². The van der Waals surface area contributed by atoms with Gasteiger partial charge in [0.25, 0.3) is 0 Å². The first-order valence-corrected chi connectivity index (χ1v) is 10.9. The molecular weight excluding hydrogens is 426 g/mol. The third-order valence-electron chi connectivity index (χ3n) is 5.94. The minimum absolute atomic E-state index is 0.0528. The lowest BCUT2D eigenvalue weighted by Gasteiger charge is -2.27. The number of aromatic nitrogens is 3. The molecule has 1 fully saturated rings. The molecule has 10 nitrogen and oxygen atoms in total. The fourth-order valence-corrected chi connectivity index (χ4v) is 4.39. The number of hydrogen-bond donors (Lipinski definition) is 2. The Morgan fingerprint density at radius 1 is 1.12 bits per heavy atom. The van der Waals surface area contributed by atoms with Gasteiger partial charge in [0.15, 0.2) is 0 Å². The zero-order chi connectivity index (χ0) is 23.4. The number of aryl methyl sites for hydroxylation is 1. The van der Waals surface area contributed by atoms with Crippen molar-refractivity contribution in [3.05, 3.63) is 48.4 Å². The van der Waals surface area contributed by atoms with Crippen molar-refractivity contribution in [1.82, 2.24) is 19.4 Å². The van der Waals surface area contributed by atoms with Crippen LogP contribution in [0.5, 0.6) is 5.75 Å². The van der Waals surface area contributed by atoms with Crippen LogP contribution in [0.4, 0.5) is 5.95 Å². The Labute approximate surface area is 191 Å². The summed E-state index contributed by atoms with van der Waals surface area (Å²) in [6, 6.07) is 6.35. The molecule has 1 atom stereocenters. The van der Waals surface area contributed by atoms with E-state index in [1.807, 2.05) is 21.6 Å². The molecule has 1 aromatic carbocycles. The predicted octanol–water partition coefficient (Wildman–Crippen LogP) is 2.25. The molecule has 33 heavy (non-hydrogen) atoms. The highest BCUT2D eigenvalue weighted by Crippen LogP contribution is 2.34. The van der Waals surface area contributed by atoms with Crippen molar-refractivity contribution in [1.29, 1.82) is 0 Å². The van der Waals surface area contributed by atoms with Crippen LogP contribution in [0.3, 0.4) is 0 Å². The molecule has 3 aromatic rings. The lowest BCUT2D eigenvalue weighted by molar-refractivity contribution is -0.143. The molecular formula is C23H27N5O5. The summed E-state index contributed by atoms with van der Waals surface area (Å²) in [6.45, 7) is 2.73. The maximum Gasteiger partial charge on any atom is 0.325 e. The summed E-state index contributed by atoms with van der Waals surface area (Å²) >= 11 is 0. The maximum absolute atomic E-state index is 12.5. The molecule has 1 aliphatic heterocycles. The lowest BCUT2D eigenvalue weighted by Crippen LogP contribution is -2.37. The molecule has 0 amide bonds. The van der Waals surface area contributed by atoms with Gasteiger partial charge in [0, 0.05) is 67.8 Å². The number of aliphatic carboxylic acids is 2. The summed E-state index contributed by atoms with van der Waals surface area (Å²) in [5, 5.41) is 20.1. The van der Waals surface area contributed by atoms with Crippen LogP contribution >= 0.6 is 0 Å². The van der Waals surface area contributed by atoms with Gasteiger partial charge < -0.3 is 24.4 Å². The zero-order valence-electron chi connectivity index (χ0n) is 18.4. The van der Waals surface area contributed by atoms with Crippen molar-refractivity contribution in [3.63, 3.8) is 0 Å². The fourth-order valence-electron chi connectivity index (χ4n) is 4.39. The molecule has 0 bridgehead atoms. The molecule has 0 unspecified atom stereocenters. The Morgan fingerprint density at radius 2 is 1.91 bits per heavy atom. The number of fused-ring (bicyclic) bond motifs is 1. The molecule has 0 radical (unpaired) electrons. The minimum atomic E-state index is -0.945. The van der Waals surface area contributed by atoms with Crippen molar-refractivity contribution >= 4 is 28.8 Å². The largest absolute Gasteiger partial charge is 0.497 e. The highest BCUT2D eigenvalue weighted by molar-refractivity contribution is 5.90. The van der Waals surface area contributed by atoms with Gasteiger partial charge in [-0.25, -0.2) is 9.97 Å². The number of nitrogens with zero attached hydrogens (tertiary/aromatic N) is 5. The Balaban J connectivity index is 1.67. The van der Waals surface area contributed by atoms with Crippen LogP contribution in [0.2, 0.25) is 0 Å². The van der Waals surface area contributed by atoms with Gasteiger partial charge in [0.2, 0.25) is 5.95 Å². The van der Waals surface area contributed by atoms with Crippen LogP contribution in [0.1, 0.15) is 24.4 Å². The van der Waals surface area contributed by atoms with E-state index in [1.165, 1.54) is 0 Å². The van der Waals surface area contributed by atoms with E-state index in [0.29, 0.717) is 36.9 Å². The molecule has 1 saturated heterocycles. The number of carboxylic acid groups (broad SMARTS) is 2. The van der Waals surface area contributed by atoms with Gasteiger partial charge >= 0.3 is 11.9 Å². The SMILES string of the molecule is COc1ccc2c(c1)c([C@H](C(=O)O)N1CCCN(c3ncccn3)CC1)cn2CCC(=O)O. The number of anilines is 1. The molecule has 3 heterocycles. The van der Waals surface area contributed by atoms with Crippen molar-refractivity contribution in [2.45, 2.75) is 25.4 Å². The summed E-state index contributed by atoms with van der Waals surface area (Å²) in [6.07, 6.45) is 5.88. The highest BCUT2D eigenvalue weighted by atomic mass is 16.5. The van der Waals surface area contributed by atoms with Gasteiger partial charge in [0.1, 0.15) is 11.8 Å². The summed E-state index contributed by atoms with van der Waals surface area (Å²) < 4.78 is 7.18. The van der Waals surface area contributed by atoms with Crippen molar-refractivity contribution in [2.75, 3.05) is 38.2 Å². The third-order valence-corrected chi connectivity index (χ3v) is 5.94.